The van der Waals surface area contributed by atoms with Crippen molar-refractivity contribution in [3.05, 3.63) is 70.6 Å². The summed E-state index contributed by atoms with van der Waals surface area (Å²) in [4.78, 5) is 19.7. The lowest BCUT2D eigenvalue weighted by molar-refractivity contribution is -0.132. The number of hydrogen-bond donors (Lipinski definition) is 1. The van der Waals surface area contributed by atoms with Crippen LogP contribution in [0, 0.1) is 26.6 Å². The highest BCUT2D eigenvalue weighted by atomic mass is 19.1. The van der Waals surface area contributed by atoms with Crippen LogP contribution in [0.2, 0.25) is 0 Å². The Morgan fingerprint density at radius 3 is 2.65 bits per heavy atom. The fraction of sp³-hybridized carbons (Fsp3) is 0.400. The normalized spacial score (nSPS) is 16.5. The zero-order chi connectivity index (χ0) is 22.0. The summed E-state index contributed by atoms with van der Waals surface area (Å²) >= 11 is 0. The molecule has 0 aliphatic carbocycles. The summed E-state index contributed by atoms with van der Waals surface area (Å²) in [5.74, 6) is 0.169. The van der Waals surface area contributed by atoms with Crippen LogP contribution in [0.4, 0.5) is 4.39 Å². The lowest BCUT2D eigenvalue weighted by atomic mass is 9.92. The zero-order valence-corrected chi connectivity index (χ0v) is 18.4. The number of benzene rings is 1. The van der Waals surface area contributed by atoms with Crippen molar-refractivity contribution in [2.24, 2.45) is 0 Å². The molecule has 2 aromatic heterocycles. The topological polar surface area (TPSA) is 61.9 Å². The van der Waals surface area contributed by atoms with E-state index in [0.717, 1.165) is 58.9 Å². The van der Waals surface area contributed by atoms with Crippen molar-refractivity contribution < 1.29 is 9.18 Å². The molecule has 4 rings (SSSR count). The number of halogens is 1. The second-order valence-electron chi connectivity index (χ2n) is 8.52. The Bertz CT molecular complexity index is 1050. The van der Waals surface area contributed by atoms with Gasteiger partial charge in [0.15, 0.2) is 0 Å². The lowest BCUT2D eigenvalue weighted by Crippen LogP contribution is -2.39. The summed E-state index contributed by atoms with van der Waals surface area (Å²) in [7, 11) is 0. The predicted octanol–water partition coefficient (Wildman–Crippen LogP) is 4.87. The standard InChI is InChI=1S/C25H29FN4O/c1-16-13-21(19-6-8-22(26)9-7-19)14-24(27-16)20-5-4-12-30(15-20)25(31)11-10-23-17(2)28-29-18(23)3/h6-9,13-14,20H,4-5,10-12,15H2,1-3H3,(H,28,29)/t20-/m0/s1. The van der Waals surface area contributed by atoms with Crippen LogP contribution in [0.25, 0.3) is 11.1 Å². The van der Waals surface area contributed by atoms with Gasteiger partial charge in [0.1, 0.15) is 5.82 Å². The van der Waals surface area contributed by atoms with Gasteiger partial charge < -0.3 is 4.90 Å². The molecule has 1 aliphatic heterocycles. The molecule has 1 amide bonds. The molecule has 162 valence electrons. The molecule has 0 spiro atoms. The van der Waals surface area contributed by atoms with E-state index in [1.165, 1.54) is 12.1 Å². The Hall–Kier alpha value is -3.02. The van der Waals surface area contributed by atoms with Crippen molar-refractivity contribution in [3.8, 4) is 11.1 Å². The summed E-state index contributed by atoms with van der Waals surface area (Å²) in [5.41, 5.74) is 7.12. The molecular formula is C25H29FN4O. The molecule has 1 saturated heterocycles. The van der Waals surface area contributed by atoms with Gasteiger partial charge in [-0.2, -0.15) is 5.10 Å². The number of piperidine rings is 1. The fourth-order valence-corrected chi connectivity index (χ4v) is 4.49. The van der Waals surface area contributed by atoms with Gasteiger partial charge in [-0.1, -0.05) is 12.1 Å². The van der Waals surface area contributed by atoms with E-state index in [-0.39, 0.29) is 17.6 Å². The average molecular weight is 421 g/mol. The van der Waals surface area contributed by atoms with Crippen molar-refractivity contribution in [1.29, 1.82) is 0 Å². The van der Waals surface area contributed by atoms with Crippen LogP contribution >= 0.6 is 0 Å². The van der Waals surface area contributed by atoms with Crippen LogP contribution in [0.5, 0.6) is 0 Å². The Morgan fingerprint density at radius 1 is 1.16 bits per heavy atom. The van der Waals surface area contributed by atoms with Crippen molar-refractivity contribution in [2.45, 2.75) is 52.4 Å². The quantitative estimate of drug-likeness (QED) is 0.640. The number of aromatic amines is 1. The number of amides is 1. The van der Waals surface area contributed by atoms with Gasteiger partial charge in [-0.05, 0) is 81.0 Å². The summed E-state index contributed by atoms with van der Waals surface area (Å²) in [5, 5.41) is 7.22. The third-order valence-electron chi connectivity index (χ3n) is 6.21. The highest BCUT2D eigenvalue weighted by Crippen LogP contribution is 2.30. The van der Waals surface area contributed by atoms with Crippen LogP contribution in [0.3, 0.4) is 0 Å². The molecule has 3 heterocycles. The maximum atomic E-state index is 13.3. The number of hydrogen-bond acceptors (Lipinski definition) is 3. The molecule has 0 radical (unpaired) electrons. The number of pyridine rings is 1. The van der Waals surface area contributed by atoms with E-state index < -0.39 is 0 Å². The number of carbonyl (C=O) groups excluding carboxylic acids is 1. The van der Waals surface area contributed by atoms with E-state index in [1.54, 1.807) is 12.1 Å². The Balaban J connectivity index is 1.47. The molecule has 6 heteroatoms. The van der Waals surface area contributed by atoms with E-state index in [9.17, 15) is 9.18 Å². The first-order valence-corrected chi connectivity index (χ1v) is 10.9. The second kappa shape index (κ2) is 9.00. The maximum absolute atomic E-state index is 13.3. The molecule has 0 bridgehead atoms. The van der Waals surface area contributed by atoms with Crippen LogP contribution in [0.1, 0.15) is 53.5 Å². The van der Waals surface area contributed by atoms with Crippen LogP contribution in [-0.4, -0.2) is 39.1 Å². The molecule has 3 aromatic rings. The smallest absolute Gasteiger partial charge is 0.222 e. The highest BCUT2D eigenvalue weighted by Gasteiger charge is 2.26. The first-order valence-electron chi connectivity index (χ1n) is 10.9. The third kappa shape index (κ3) is 4.84. The number of likely N-dealkylation sites (tertiary alicyclic amines) is 1. The Morgan fingerprint density at radius 2 is 1.94 bits per heavy atom. The van der Waals surface area contributed by atoms with Gasteiger partial charge in [0, 0.05) is 42.5 Å². The number of nitrogens with zero attached hydrogens (tertiary/aromatic N) is 3. The first kappa shape index (κ1) is 21.2. The van der Waals surface area contributed by atoms with Crippen LogP contribution in [0.15, 0.2) is 36.4 Å². The zero-order valence-electron chi connectivity index (χ0n) is 18.4. The van der Waals surface area contributed by atoms with Gasteiger partial charge in [-0.25, -0.2) is 4.39 Å². The summed E-state index contributed by atoms with van der Waals surface area (Å²) < 4.78 is 13.3. The minimum absolute atomic E-state index is 0.191. The Labute approximate surface area is 182 Å². The number of aryl methyl sites for hydroxylation is 3. The molecule has 1 fully saturated rings. The molecule has 31 heavy (non-hydrogen) atoms. The SMILES string of the molecule is Cc1cc(-c2ccc(F)cc2)cc([C@H]2CCCN(C(=O)CCc3c(C)n[nH]c3C)C2)n1. The van der Waals surface area contributed by atoms with Crippen molar-refractivity contribution in [2.75, 3.05) is 13.1 Å². The van der Waals surface area contributed by atoms with Gasteiger partial charge >= 0.3 is 0 Å². The third-order valence-corrected chi connectivity index (χ3v) is 6.21. The average Bonchev–Trinajstić information content (AvgIpc) is 3.09. The largest absolute Gasteiger partial charge is 0.342 e. The number of aromatic nitrogens is 3. The minimum atomic E-state index is -0.239. The van der Waals surface area contributed by atoms with Crippen molar-refractivity contribution in [1.82, 2.24) is 20.1 Å². The first-order chi connectivity index (χ1) is 14.9. The summed E-state index contributed by atoms with van der Waals surface area (Å²) in [6.45, 7) is 7.45. The number of H-pyrrole nitrogens is 1. The molecule has 0 saturated carbocycles. The number of rotatable bonds is 5. The molecule has 1 N–H and O–H groups in total. The van der Waals surface area contributed by atoms with Crippen molar-refractivity contribution in [3.63, 3.8) is 0 Å². The lowest BCUT2D eigenvalue weighted by Gasteiger charge is -2.33. The van der Waals surface area contributed by atoms with E-state index in [0.29, 0.717) is 19.4 Å². The number of carbonyl (C=O) groups is 1. The van der Waals surface area contributed by atoms with Crippen LogP contribution in [-0.2, 0) is 11.2 Å². The highest BCUT2D eigenvalue weighted by molar-refractivity contribution is 5.76. The van der Waals surface area contributed by atoms with Crippen LogP contribution < -0.4 is 0 Å². The summed E-state index contributed by atoms with van der Waals surface area (Å²) in [6.07, 6.45) is 3.20. The van der Waals surface area contributed by atoms with Gasteiger partial charge in [0.2, 0.25) is 5.91 Å². The Kier molecular flexibility index (Phi) is 6.16. The van der Waals surface area contributed by atoms with E-state index in [4.69, 9.17) is 4.98 Å². The fourth-order valence-electron chi connectivity index (χ4n) is 4.49. The monoisotopic (exact) mass is 420 g/mol. The molecule has 0 unspecified atom stereocenters. The molecule has 5 nitrogen and oxygen atoms in total. The predicted molar refractivity (Wildman–Crippen MR) is 119 cm³/mol. The van der Waals surface area contributed by atoms with E-state index in [2.05, 4.69) is 16.3 Å². The minimum Gasteiger partial charge on any atom is -0.342 e. The van der Waals surface area contributed by atoms with E-state index in [1.807, 2.05) is 31.7 Å². The molecule has 1 aliphatic rings. The molecule has 1 atom stereocenters. The number of nitrogens with one attached hydrogen (secondary N) is 1. The van der Waals surface area contributed by atoms with Gasteiger partial charge in [-0.15, -0.1) is 0 Å². The van der Waals surface area contributed by atoms with Gasteiger partial charge in [-0.3, -0.25) is 14.9 Å². The van der Waals surface area contributed by atoms with Gasteiger partial charge in [0.05, 0.1) is 5.69 Å². The molecular weight excluding hydrogens is 391 g/mol. The molecule has 1 aromatic carbocycles. The van der Waals surface area contributed by atoms with Crippen molar-refractivity contribution >= 4 is 5.91 Å². The summed E-state index contributed by atoms with van der Waals surface area (Å²) in [6, 6.07) is 10.7. The van der Waals surface area contributed by atoms with Gasteiger partial charge in [0.25, 0.3) is 0 Å². The second-order valence-corrected chi connectivity index (χ2v) is 8.52. The van der Waals surface area contributed by atoms with E-state index >= 15 is 0 Å². The maximum Gasteiger partial charge on any atom is 0.222 e.